The zero-order chi connectivity index (χ0) is 49.1. The number of esters is 5. The summed E-state index contributed by atoms with van der Waals surface area (Å²) in [5.74, 6) is -7.94. The first-order chi connectivity index (χ1) is 29.8. The van der Waals surface area contributed by atoms with Gasteiger partial charge >= 0.3 is 29.8 Å². The molecule has 0 spiro atoms. The van der Waals surface area contributed by atoms with E-state index >= 15 is 0 Å². The molecule has 17 nitrogen and oxygen atoms in total. The lowest BCUT2D eigenvalue weighted by Crippen LogP contribution is -2.62. The van der Waals surface area contributed by atoms with Crippen LogP contribution < -0.4 is 0 Å². The van der Waals surface area contributed by atoms with Crippen LogP contribution in [0.1, 0.15) is 121 Å². The van der Waals surface area contributed by atoms with Gasteiger partial charge in [-0.05, 0) is 49.9 Å². The number of cyclic esters (lactones) is 1. The third-order valence-electron chi connectivity index (χ3n) is 13.8. The molecule has 0 unspecified atom stereocenters. The summed E-state index contributed by atoms with van der Waals surface area (Å²) in [7, 11) is -0.0632. The van der Waals surface area contributed by atoms with Crippen molar-refractivity contribution >= 4 is 38.2 Å². The number of hydrogen-bond donors (Lipinski definition) is 3. The van der Waals surface area contributed by atoms with E-state index in [1.54, 1.807) is 46.8 Å². The largest absolute Gasteiger partial charge is 0.466 e. The molecule has 0 amide bonds. The van der Waals surface area contributed by atoms with E-state index in [1.165, 1.54) is 27.2 Å². The molecule has 3 N–H and O–H groups in total. The van der Waals surface area contributed by atoms with Crippen LogP contribution in [0.3, 0.4) is 0 Å². The molecule has 0 aromatic rings. The van der Waals surface area contributed by atoms with Crippen LogP contribution in [0.25, 0.3) is 0 Å². The summed E-state index contributed by atoms with van der Waals surface area (Å²) in [6, 6.07) is 0. The fourth-order valence-corrected chi connectivity index (χ4v) is 10.3. The van der Waals surface area contributed by atoms with Crippen LogP contribution in [-0.2, 0) is 66.3 Å². The van der Waals surface area contributed by atoms with Gasteiger partial charge in [0.2, 0.25) is 5.79 Å². The van der Waals surface area contributed by atoms with Gasteiger partial charge in [0.15, 0.2) is 20.2 Å². The van der Waals surface area contributed by atoms with Gasteiger partial charge in [0, 0.05) is 57.1 Å². The van der Waals surface area contributed by atoms with Crippen molar-refractivity contribution in [2.75, 3.05) is 14.2 Å². The molecule has 0 aliphatic carbocycles. The molecule has 0 saturated carbocycles. The topological polar surface area (TPSA) is 229 Å². The Kier molecular flexibility index (Phi) is 17.3. The minimum Gasteiger partial charge on any atom is -0.466 e. The highest BCUT2D eigenvalue weighted by Crippen LogP contribution is 2.50. The summed E-state index contributed by atoms with van der Waals surface area (Å²) in [5.41, 5.74) is -1.89. The molecule has 4 heterocycles. The second kappa shape index (κ2) is 20.8. The summed E-state index contributed by atoms with van der Waals surface area (Å²) in [6.45, 7) is 21.2. The summed E-state index contributed by atoms with van der Waals surface area (Å²) >= 11 is 0. The third-order valence-corrected chi connectivity index (χ3v) is 18.3. The molecule has 18 heteroatoms. The number of carbonyl (C=O) groups is 5. The first-order valence-corrected chi connectivity index (χ1v) is 25.4. The van der Waals surface area contributed by atoms with Crippen molar-refractivity contribution in [3.05, 3.63) is 35.5 Å². The second-order valence-electron chi connectivity index (χ2n) is 20.7. The van der Waals surface area contributed by atoms with Crippen molar-refractivity contribution in [1.29, 1.82) is 0 Å². The maximum Gasteiger partial charge on any atom is 0.330 e. The summed E-state index contributed by atoms with van der Waals surface area (Å²) < 4.78 is 54.1. The molecule has 3 saturated heterocycles. The number of aliphatic hydroxyl groups excluding tert-OH is 1. The summed E-state index contributed by atoms with van der Waals surface area (Å²) in [6.07, 6.45) is -3.65. The number of rotatable bonds is 7. The number of aliphatic hydroxyl groups is 3. The number of carbonyl (C=O) groups excluding carboxylic acids is 5. The molecule has 3 fully saturated rings. The Labute approximate surface area is 384 Å². The first-order valence-electron chi connectivity index (χ1n) is 22.5. The predicted molar refractivity (Wildman–Crippen MR) is 237 cm³/mol. The molecule has 0 aromatic carbocycles. The molecule has 4 aliphatic rings. The van der Waals surface area contributed by atoms with E-state index in [4.69, 9.17) is 42.3 Å². The molecule has 6 bridgehead atoms. The van der Waals surface area contributed by atoms with Crippen molar-refractivity contribution < 1.29 is 81.6 Å². The van der Waals surface area contributed by atoms with Gasteiger partial charge < -0.3 is 57.6 Å². The smallest absolute Gasteiger partial charge is 0.330 e. The van der Waals surface area contributed by atoms with Gasteiger partial charge in [-0.1, -0.05) is 66.2 Å². The Morgan fingerprint density at radius 3 is 2.05 bits per heavy atom. The van der Waals surface area contributed by atoms with Crippen molar-refractivity contribution in [3.8, 4) is 0 Å². The molecular weight excluding hydrogens is 865 g/mol. The Morgan fingerprint density at radius 2 is 1.46 bits per heavy atom. The van der Waals surface area contributed by atoms with Gasteiger partial charge in [-0.25, -0.2) is 9.59 Å². The number of fused-ring (bicyclic) bond motifs is 6. The molecule has 0 radical (unpaired) electrons. The van der Waals surface area contributed by atoms with Crippen LogP contribution in [0.15, 0.2) is 35.5 Å². The molecular formula is C47H74O17Si. The van der Waals surface area contributed by atoms with Crippen LogP contribution in [0, 0.1) is 10.8 Å². The highest BCUT2D eigenvalue weighted by molar-refractivity contribution is 6.74. The van der Waals surface area contributed by atoms with Gasteiger partial charge in [0.25, 0.3) is 0 Å². The lowest BCUT2D eigenvalue weighted by molar-refractivity contribution is -0.348. The van der Waals surface area contributed by atoms with Crippen LogP contribution >= 0.6 is 0 Å². The van der Waals surface area contributed by atoms with Gasteiger partial charge in [-0.15, -0.1) is 0 Å². The molecule has 11 atom stereocenters. The number of methoxy groups -OCH3 is 2. The highest BCUT2D eigenvalue weighted by atomic mass is 28.4. The van der Waals surface area contributed by atoms with Crippen LogP contribution in [0.4, 0.5) is 0 Å². The average molecular weight is 939 g/mol. The van der Waals surface area contributed by atoms with E-state index in [2.05, 4.69) is 33.9 Å². The van der Waals surface area contributed by atoms with E-state index in [9.17, 15) is 39.3 Å². The van der Waals surface area contributed by atoms with Gasteiger partial charge in [0.05, 0.1) is 62.7 Å². The van der Waals surface area contributed by atoms with E-state index in [0.29, 0.717) is 5.57 Å². The number of ether oxygens (including phenoxy) is 8. The number of hydrogen-bond acceptors (Lipinski definition) is 17. The summed E-state index contributed by atoms with van der Waals surface area (Å²) in [5, 5.41) is 36.8. The third kappa shape index (κ3) is 13.1. The van der Waals surface area contributed by atoms with Crippen LogP contribution in [-0.4, -0.2) is 134 Å². The molecule has 0 aromatic heterocycles. The minimum atomic E-state index is -2.51. The fraction of sp³-hybridized carbons (Fsp3) is 0.766. The quantitative estimate of drug-likeness (QED) is 0.0952. The first kappa shape index (κ1) is 54.1. The zero-order valence-electron chi connectivity index (χ0n) is 40.7. The minimum absolute atomic E-state index is 0.0600. The van der Waals surface area contributed by atoms with Crippen LogP contribution in [0.2, 0.25) is 18.1 Å². The SMILES string of the molecule is COC(=O)/C=C1/C[C@H]2C[C@]3(O)O[C@H](C[C@@H](O)CC(=O)O[C@@H]([C@@H](C)O[Si](C)(C)C(C)(C)C)C[C@@H]4C/C(=C\C(=O)OC)[C@H](OC(C)=O)[C@@](O)(O4)C(C)(C)/C=C/[C@@H](C1)O2)C[C@H](OC(C)=O)C3(C)C. The van der Waals surface area contributed by atoms with Crippen molar-refractivity contribution in [2.24, 2.45) is 10.8 Å². The maximum absolute atomic E-state index is 13.9. The highest BCUT2D eigenvalue weighted by Gasteiger charge is 2.59. The Hall–Kier alpha value is -3.49. The monoisotopic (exact) mass is 938 g/mol. The lowest BCUT2D eigenvalue weighted by atomic mass is 9.70. The van der Waals surface area contributed by atoms with Gasteiger partial charge in [-0.3, -0.25) is 14.4 Å². The zero-order valence-corrected chi connectivity index (χ0v) is 41.7. The fourth-order valence-electron chi connectivity index (χ4n) is 8.82. The van der Waals surface area contributed by atoms with Crippen LogP contribution in [0.5, 0.6) is 0 Å². The van der Waals surface area contributed by atoms with E-state index < -0.39 is 122 Å². The normalized spacial score (nSPS) is 35.7. The van der Waals surface area contributed by atoms with E-state index in [-0.39, 0.29) is 55.6 Å². The molecule has 4 rings (SSSR count). The molecule has 4 aliphatic heterocycles. The second-order valence-corrected chi connectivity index (χ2v) is 25.5. The van der Waals surface area contributed by atoms with Gasteiger partial charge in [0.1, 0.15) is 12.2 Å². The van der Waals surface area contributed by atoms with Crippen molar-refractivity contribution in [2.45, 2.75) is 205 Å². The average Bonchev–Trinajstić information content (AvgIpc) is 3.15. The predicted octanol–water partition coefficient (Wildman–Crippen LogP) is 5.42. The molecule has 65 heavy (non-hydrogen) atoms. The molecule has 368 valence electrons. The summed E-state index contributed by atoms with van der Waals surface area (Å²) in [4.78, 5) is 64.6. The maximum atomic E-state index is 13.9. The standard InChI is InChI=1S/C47H74O17Si/c1-27(64-65(13,14)43(4,5)6)37-24-34-20-31(21-40(52)57-12)42(59-29(3)49)47(55,63-34)44(7,8)16-15-33-17-30(19-39(51)56-11)18-36(60-33)26-46(54)45(9,10)38(58-28(2)48)25-35(62-46)22-32(50)23-41(53)61-37/h15-16,19,21,27,32-38,42,50,54-55H,17-18,20,22-26H2,1-14H3/b16-15+,30-19+,31-21+/t27-,32-,33+,34+,35-,36+,37-,38+,42+,46+,47-/m1/s1. The van der Waals surface area contributed by atoms with E-state index in [1.807, 2.05) is 0 Å². The lowest BCUT2D eigenvalue weighted by Gasteiger charge is -2.53. The Bertz CT molecular complexity index is 1850. The Balaban J connectivity index is 1.93. The van der Waals surface area contributed by atoms with Crippen molar-refractivity contribution in [1.82, 2.24) is 0 Å². The van der Waals surface area contributed by atoms with E-state index in [0.717, 1.165) is 13.0 Å². The van der Waals surface area contributed by atoms with Crippen molar-refractivity contribution in [3.63, 3.8) is 0 Å². The van der Waals surface area contributed by atoms with Gasteiger partial charge in [-0.2, -0.15) is 0 Å². The Morgan fingerprint density at radius 1 is 0.846 bits per heavy atom.